The van der Waals surface area contributed by atoms with Gasteiger partial charge in [-0.3, -0.25) is 9.10 Å². The van der Waals surface area contributed by atoms with Crippen molar-refractivity contribution >= 4 is 56.6 Å². The minimum atomic E-state index is -3.63. The molecule has 29 heavy (non-hydrogen) atoms. The van der Waals surface area contributed by atoms with Crippen molar-refractivity contribution < 1.29 is 13.2 Å². The highest BCUT2D eigenvalue weighted by Gasteiger charge is 2.22. The number of hydrogen-bond acceptors (Lipinski definition) is 4. The van der Waals surface area contributed by atoms with Crippen molar-refractivity contribution in [1.82, 2.24) is 5.32 Å². The fourth-order valence-corrected chi connectivity index (χ4v) is 4.96. The van der Waals surface area contributed by atoms with Gasteiger partial charge in [-0.1, -0.05) is 47.5 Å². The van der Waals surface area contributed by atoms with Crippen LogP contribution < -0.4 is 9.62 Å². The summed E-state index contributed by atoms with van der Waals surface area (Å²) in [6, 6.07) is 12.7. The molecule has 2 aromatic carbocycles. The Hall–Kier alpha value is -1.41. The molecule has 2 aromatic rings. The first kappa shape index (κ1) is 23.9. The van der Waals surface area contributed by atoms with Gasteiger partial charge in [0.15, 0.2) is 0 Å². The number of anilines is 1. The second kappa shape index (κ2) is 11.1. The Morgan fingerprint density at radius 2 is 1.79 bits per heavy atom. The topological polar surface area (TPSA) is 66.5 Å². The highest BCUT2D eigenvalue weighted by molar-refractivity contribution is 7.98. The van der Waals surface area contributed by atoms with Crippen molar-refractivity contribution in [1.29, 1.82) is 0 Å². The summed E-state index contributed by atoms with van der Waals surface area (Å²) in [5, 5.41) is 3.99. The maximum atomic E-state index is 12.3. The number of amides is 1. The standard InChI is InChI=1S/C20H24Cl2N2O3S2/c1-15-17(21)9-5-10-19(15)24(29(2,26)27)13-20(25)23-11-6-12-28-14-16-7-3-4-8-18(16)22/h3-5,7-10H,6,11-14H2,1-2H3,(H,23,25). The fourth-order valence-electron chi connectivity index (χ4n) is 2.63. The third kappa shape index (κ3) is 7.41. The second-order valence-corrected chi connectivity index (χ2v) is 10.3. The van der Waals surface area contributed by atoms with Crippen molar-refractivity contribution in [2.45, 2.75) is 19.1 Å². The molecule has 0 heterocycles. The average molecular weight is 475 g/mol. The molecular formula is C20H24Cl2N2O3S2. The predicted molar refractivity (Wildman–Crippen MR) is 124 cm³/mol. The molecule has 0 fully saturated rings. The van der Waals surface area contributed by atoms with Crippen LogP contribution in [0.25, 0.3) is 0 Å². The van der Waals surface area contributed by atoms with E-state index in [9.17, 15) is 13.2 Å². The minimum Gasteiger partial charge on any atom is -0.354 e. The summed E-state index contributed by atoms with van der Waals surface area (Å²) < 4.78 is 25.5. The third-order valence-corrected chi connectivity index (χ3v) is 7.20. The molecule has 0 aliphatic heterocycles. The monoisotopic (exact) mass is 474 g/mol. The lowest BCUT2D eigenvalue weighted by Gasteiger charge is -2.24. The van der Waals surface area contributed by atoms with E-state index < -0.39 is 10.0 Å². The molecule has 0 radical (unpaired) electrons. The Morgan fingerprint density at radius 3 is 2.48 bits per heavy atom. The first-order valence-corrected chi connectivity index (χ1v) is 12.8. The van der Waals surface area contributed by atoms with E-state index in [1.54, 1.807) is 36.9 Å². The van der Waals surface area contributed by atoms with Crippen molar-refractivity contribution in [3.05, 3.63) is 63.6 Å². The Labute approximate surface area is 186 Å². The zero-order chi connectivity index (χ0) is 21.4. The lowest BCUT2D eigenvalue weighted by molar-refractivity contribution is -0.119. The van der Waals surface area contributed by atoms with Gasteiger partial charge < -0.3 is 5.32 Å². The minimum absolute atomic E-state index is 0.285. The normalized spacial score (nSPS) is 11.3. The summed E-state index contributed by atoms with van der Waals surface area (Å²) >= 11 is 14.0. The Morgan fingerprint density at radius 1 is 1.10 bits per heavy atom. The number of hydrogen-bond donors (Lipinski definition) is 1. The van der Waals surface area contributed by atoms with Crippen LogP contribution in [0.3, 0.4) is 0 Å². The van der Waals surface area contributed by atoms with Crippen LogP contribution in [0.1, 0.15) is 17.5 Å². The molecule has 0 aliphatic rings. The van der Waals surface area contributed by atoms with E-state index in [1.807, 2.05) is 24.3 Å². The molecule has 2 rings (SSSR count). The molecular weight excluding hydrogens is 451 g/mol. The van der Waals surface area contributed by atoms with Crippen molar-refractivity contribution in [2.24, 2.45) is 0 Å². The molecule has 9 heteroatoms. The zero-order valence-electron chi connectivity index (χ0n) is 16.3. The van der Waals surface area contributed by atoms with Crippen LogP contribution in [0.2, 0.25) is 10.0 Å². The average Bonchev–Trinajstić information content (AvgIpc) is 2.65. The number of nitrogens with one attached hydrogen (secondary N) is 1. The van der Waals surface area contributed by atoms with E-state index >= 15 is 0 Å². The van der Waals surface area contributed by atoms with Gasteiger partial charge in [-0.05, 0) is 48.4 Å². The van der Waals surface area contributed by atoms with Gasteiger partial charge in [0.25, 0.3) is 0 Å². The Balaban J connectivity index is 1.82. The first-order valence-electron chi connectivity index (χ1n) is 9.01. The highest BCUT2D eigenvalue weighted by atomic mass is 35.5. The predicted octanol–water partition coefficient (Wildman–Crippen LogP) is 4.51. The number of thioether (sulfide) groups is 1. The maximum Gasteiger partial charge on any atom is 0.240 e. The van der Waals surface area contributed by atoms with Crippen LogP contribution in [0, 0.1) is 6.92 Å². The van der Waals surface area contributed by atoms with Gasteiger partial charge in [-0.25, -0.2) is 8.42 Å². The summed E-state index contributed by atoms with van der Waals surface area (Å²) in [4.78, 5) is 12.3. The molecule has 0 aromatic heterocycles. The molecule has 0 aliphatic carbocycles. The number of nitrogens with zero attached hydrogens (tertiary/aromatic N) is 1. The Bertz CT molecular complexity index is 952. The van der Waals surface area contributed by atoms with Gasteiger partial charge in [-0.2, -0.15) is 11.8 Å². The molecule has 0 unspecified atom stereocenters. The van der Waals surface area contributed by atoms with E-state index in [4.69, 9.17) is 23.2 Å². The van der Waals surface area contributed by atoms with Crippen LogP contribution in [0.4, 0.5) is 5.69 Å². The van der Waals surface area contributed by atoms with Crippen molar-refractivity contribution in [3.63, 3.8) is 0 Å². The quantitative estimate of drug-likeness (QED) is 0.514. The molecule has 0 saturated carbocycles. The van der Waals surface area contributed by atoms with Crippen molar-refractivity contribution in [2.75, 3.05) is 29.4 Å². The highest BCUT2D eigenvalue weighted by Crippen LogP contribution is 2.28. The third-order valence-electron chi connectivity index (χ3n) is 4.20. The lowest BCUT2D eigenvalue weighted by atomic mass is 10.2. The van der Waals surface area contributed by atoms with Crippen LogP contribution >= 0.6 is 35.0 Å². The van der Waals surface area contributed by atoms with Crippen LogP contribution in [0.5, 0.6) is 0 Å². The molecule has 0 spiro atoms. The molecule has 5 nitrogen and oxygen atoms in total. The maximum absolute atomic E-state index is 12.3. The molecule has 1 N–H and O–H groups in total. The molecule has 0 saturated heterocycles. The smallest absolute Gasteiger partial charge is 0.240 e. The number of halogens is 2. The zero-order valence-corrected chi connectivity index (χ0v) is 19.5. The van der Waals surface area contributed by atoms with E-state index in [1.165, 1.54) is 0 Å². The second-order valence-electron chi connectivity index (χ2n) is 6.50. The van der Waals surface area contributed by atoms with Crippen LogP contribution in [-0.2, 0) is 20.6 Å². The molecule has 0 atom stereocenters. The molecule has 0 bridgehead atoms. The number of carbonyl (C=O) groups excluding carboxylic acids is 1. The van der Waals surface area contributed by atoms with Gasteiger partial charge >= 0.3 is 0 Å². The molecule has 158 valence electrons. The fraction of sp³-hybridized carbons (Fsp3) is 0.350. The lowest BCUT2D eigenvalue weighted by Crippen LogP contribution is -2.41. The summed E-state index contributed by atoms with van der Waals surface area (Å²) in [6.45, 7) is 1.91. The van der Waals surface area contributed by atoms with Gasteiger partial charge in [0.1, 0.15) is 6.54 Å². The Kier molecular flexibility index (Phi) is 9.14. The summed E-state index contributed by atoms with van der Waals surface area (Å²) in [5.41, 5.74) is 2.11. The largest absolute Gasteiger partial charge is 0.354 e. The van der Waals surface area contributed by atoms with Gasteiger partial charge in [0, 0.05) is 22.3 Å². The van der Waals surface area contributed by atoms with E-state index in [2.05, 4.69) is 5.32 Å². The summed E-state index contributed by atoms with van der Waals surface area (Å²) in [7, 11) is -3.63. The SMILES string of the molecule is Cc1c(Cl)cccc1N(CC(=O)NCCCSCc1ccccc1Cl)S(C)(=O)=O. The van der Waals surface area contributed by atoms with E-state index in [0.717, 1.165) is 39.1 Å². The first-order chi connectivity index (χ1) is 13.7. The molecule has 1 amide bonds. The number of carbonyl (C=O) groups is 1. The summed E-state index contributed by atoms with van der Waals surface area (Å²) in [6.07, 6.45) is 1.85. The number of rotatable bonds is 10. The van der Waals surface area contributed by atoms with Gasteiger partial charge in [0.05, 0.1) is 11.9 Å². The van der Waals surface area contributed by atoms with Gasteiger partial charge in [0.2, 0.25) is 15.9 Å². The summed E-state index contributed by atoms with van der Waals surface area (Å²) in [5.74, 6) is 1.31. The van der Waals surface area contributed by atoms with E-state index in [-0.39, 0.29) is 12.5 Å². The number of sulfonamides is 1. The van der Waals surface area contributed by atoms with Gasteiger partial charge in [-0.15, -0.1) is 0 Å². The van der Waals surface area contributed by atoms with E-state index in [0.29, 0.717) is 22.8 Å². The van der Waals surface area contributed by atoms with Crippen molar-refractivity contribution in [3.8, 4) is 0 Å². The number of benzene rings is 2. The van der Waals surface area contributed by atoms with Crippen LogP contribution in [0.15, 0.2) is 42.5 Å². The van der Waals surface area contributed by atoms with Crippen LogP contribution in [-0.4, -0.2) is 39.4 Å².